The maximum absolute atomic E-state index is 13.0. The summed E-state index contributed by atoms with van der Waals surface area (Å²) in [7, 11) is 0. The van der Waals surface area contributed by atoms with Gasteiger partial charge in [0.2, 0.25) is 11.6 Å². The quantitative estimate of drug-likeness (QED) is 0.291. The molecule has 0 saturated heterocycles. The number of carbonyl (C=O) groups is 1. The summed E-state index contributed by atoms with van der Waals surface area (Å²) < 4.78 is 7.03. The molecule has 0 bridgehead atoms. The highest BCUT2D eigenvalue weighted by Crippen LogP contribution is 2.29. The van der Waals surface area contributed by atoms with Gasteiger partial charge in [-0.05, 0) is 52.5 Å². The van der Waals surface area contributed by atoms with Crippen LogP contribution in [0.2, 0.25) is 0 Å². The molecule has 1 aliphatic rings. The minimum absolute atomic E-state index is 0.0461. The summed E-state index contributed by atoms with van der Waals surface area (Å²) >= 11 is 3.41. The average Bonchev–Trinajstić information content (AvgIpc) is 3.45. The van der Waals surface area contributed by atoms with Crippen LogP contribution in [0.1, 0.15) is 33.7 Å². The standard InChI is InChI=1S/C22H20BrN9O2/c23-16-8-3-5-14(11-16)12-25-27-22(33)19-18(32(30-26-19)21-20(24)28-34-29-21)13-31-10-4-7-15-6-1-2-9-17(15)31/h1-3,5-6,8-9,11-12H,4,7,10,13H2,(H2,24,28)(H,27,33)/b25-12+. The van der Waals surface area contributed by atoms with Crippen molar-refractivity contribution in [1.29, 1.82) is 0 Å². The predicted molar refractivity (Wildman–Crippen MR) is 129 cm³/mol. The number of amides is 1. The Balaban J connectivity index is 1.45. The molecule has 12 heteroatoms. The van der Waals surface area contributed by atoms with E-state index in [1.54, 1.807) is 6.21 Å². The number of halogens is 1. The van der Waals surface area contributed by atoms with E-state index in [0.717, 1.165) is 35.1 Å². The fourth-order valence-corrected chi connectivity index (χ4v) is 4.31. The van der Waals surface area contributed by atoms with Crippen molar-refractivity contribution in [3.63, 3.8) is 0 Å². The molecule has 0 radical (unpaired) electrons. The Labute approximate surface area is 202 Å². The van der Waals surface area contributed by atoms with E-state index in [1.165, 1.54) is 10.2 Å². The zero-order valence-electron chi connectivity index (χ0n) is 17.9. The Bertz CT molecular complexity index is 1360. The summed E-state index contributed by atoms with van der Waals surface area (Å²) in [5.74, 6) is -0.290. The third-order valence-corrected chi connectivity index (χ3v) is 5.94. The highest BCUT2D eigenvalue weighted by atomic mass is 79.9. The molecule has 11 nitrogen and oxygen atoms in total. The predicted octanol–water partition coefficient (Wildman–Crippen LogP) is 2.71. The summed E-state index contributed by atoms with van der Waals surface area (Å²) in [5.41, 5.74) is 12.2. The lowest BCUT2D eigenvalue weighted by molar-refractivity contribution is 0.0949. The minimum atomic E-state index is -0.507. The van der Waals surface area contributed by atoms with Crippen LogP contribution >= 0.6 is 15.9 Å². The molecule has 0 atom stereocenters. The first kappa shape index (κ1) is 21.8. The molecule has 2 aromatic heterocycles. The fourth-order valence-electron chi connectivity index (χ4n) is 3.89. The minimum Gasteiger partial charge on any atom is -0.378 e. The van der Waals surface area contributed by atoms with Crippen molar-refractivity contribution >= 4 is 39.6 Å². The zero-order valence-corrected chi connectivity index (χ0v) is 19.5. The molecular weight excluding hydrogens is 502 g/mol. The van der Waals surface area contributed by atoms with Crippen molar-refractivity contribution in [3.05, 3.63) is 75.5 Å². The molecule has 4 aromatic rings. The molecule has 34 heavy (non-hydrogen) atoms. The normalized spacial score (nSPS) is 13.3. The third-order valence-electron chi connectivity index (χ3n) is 5.45. The van der Waals surface area contributed by atoms with Crippen LogP contribution in [0.4, 0.5) is 11.5 Å². The van der Waals surface area contributed by atoms with E-state index in [9.17, 15) is 4.79 Å². The number of fused-ring (bicyclic) bond motifs is 1. The lowest BCUT2D eigenvalue weighted by Crippen LogP contribution is -2.31. The van der Waals surface area contributed by atoms with Crippen molar-refractivity contribution in [2.45, 2.75) is 19.4 Å². The average molecular weight is 522 g/mol. The van der Waals surface area contributed by atoms with Crippen LogP contribution in [0.3, 0.4) is 0 Å². The molecule has 3 N–H and O–H groups in total. The molecule has 5 rings (SSSR count). The molecule has 172 valence electrons. The molecule has 0 spiro atoms. The summed E-state index contributed by atoms with van der Waals surface area (Å²) in [6.07, 6.45) is 3.54. The number of hydrogen-bond donors (Lipinski definition) is 2. The number of anilines is 2. The second-order valence-electron chi connectivity index (χ2n) is 7.68. The first-order chi connectivity index (χ1) is 16.6. The number of rotatable bonds is 6. The Morgan fingerprint density at radius 2 is 2.12 bits per heavy atom. The number of nitrogen functional groups attached to an aromatic ring is 1. The van der Waals surface area contributed by atoms with Gasteiger partial charge in [-0.25, -0.2) is 10.1 Å². The Morgan fingerprint density at radius 3 is 2.94 bits per heavy atom. The summed E-state index contributed by atoms with van der Waals surface area (Å²) in [4.78, 5) is 15.2. The van der Waals surface area contributed by atoms with Crippen LogP contribution < -0.4 is 16.1 Å². The second-order valence-corrected chi connectivity index (χ2v) is 8.59. The molecule has 0 fully saturated rings. The summed E-state index contributed by atoms with van der Waals surface area (Å²) in [6, 6.07) is 15.7. The van der Waals surface area contributed by atoms with Gasteiger partial charge in [-0.1, -0.05) is 51.5 Å². The molecule has 0 aliphatic carbocycles. The maximum Gasteiger partial charge on any atom is 0.293 e. The van der Waals surface area contributed by atoms with Crippen LogP contribution in [0.15, 0.2) is 62.7 Å². The molecule has 1 amide bonds. The lowest BCUT2D eigenvalue weighted by atomic mass is 10.0. The number of carbonyl (C=O) groups excluding carboxylic acids is 1. The van der Waals surface area contributed by atoms with Crippen molar-refractivity contribution < 1.29 is 9.42 Å². The van der Waals surface area contributed by atoms with Crippen LogP contribution in [0, 0.1) is 0 Å². The van der Waals surface area contributed by atoms with Gasteiger partial charge in [0.25, 0.3) is 5.91 Å². The number of aromatic nitrogens is 5. The maximum atomic E-state index is 13.0. The van der Waals surface area contributed by atoms with Crippen LogP contribution in [-0.2, 0) is 13.0 Å². The van der Waals surface area contributed by atoms with E-state index in [4.69, 9.17) is 10.4 Å². The van der Waals surface area contributed by atoms with Gasteiger partial charge in [-0.2, -0.15) is 9.78 Å². The van der Waals surface area contributed by atoms with Crippen molar-refractivity contribution in [1.82, 2.24) is 30.7 Å². The molecule has 0 saturated carbocycles. The number of benzene rings is 2. The molecule has 2 aromatic carbocycles. The van der Waals surface area contributed by atoms with Crippen molar-refractivity contribution in [2.24, 2.45) is 5.10 Å². The summed E-state index contributed by atoms with van der Waals surface area (Å²) in [6.45, 7) is 1.17. The lowest BCUT2D eigenvalue weighted by Gasteiger charge is -2.31. The van der Waals surface area contributed by atoms with Crippen LogP contribution in [0.5, 0.6) is 0 Å². The Kier molecular flexibility index (Phi) is 6.04. The van der Waals surface area contributed by atoms with Gasteiger partial charge in [0, 0.05) is 16.7 Å². The highest BCUT2D eigenvalue weighted by Gasteiger charge is 2.27. The zero-order chi connectivity index (χ0) is 23.5. The van der Waals surface area contributed by atoms with Gasteiger partial charge in [0.1, 0.15) is 0 Å². The van der Waals surface area contributed by atoms with E-state index in [-0.39, 0.29) is 17.3 Å². The third kappa shape index (κ3) is 4.39. The topological polar surface area (TPSA) is 140 Å². The van der Waals surface area contributed by atoms with E-state index in [1.807, 2.05) is 36.4 Å². The number of nitrogens with zero attached hydrogens (tertiary/aromatic N) is 7. The summed E-state index contributed by atoms with van der Waals surface area (Å²) in [5, 5.41) is 19.7. The van der Waals surface area contributed by atoms with Crippen molar-refractivity contribution in [3.8, 4) is 5.82 Å². The molecule has 0 unspecified atom stereocenters. The molecule has 1 aliphatic heterocycles. The molecule has 3 heterocycles. The highest BCUT2D eigenvalue weighted by molar-refractivity contribution is 9.10. The SMILES string of the molecule is Nc1nonc1-n1nnc(C(=O)N/N=C/c2cccc(Br)c2)c1CN1CCCc2ccccc21. The number of nitrogens with one attached hydrogen (secondary N) is 1. The van der Waals surface area contributed by atoms with Gasteiger partial charge in [0.05, 0.1) is 18.5 Å². The molecular formula is C22H20BrN9O2. The fraction of sp³-hybridized carbons (Fsp3) is 0.182. The number of hydrazone groups is 1. The largest absolute Gasteiger partial charge is 0.378 e. The van der Waals surface area contributed by atoms with Crippen LogP contribution in [0.25, 0.3) is 5.82 Å². The number of para-hydroxylation sites is 1. The number of nitrogens with two attached hydrogens (primary N) is 1. The van der Waals surface area contributed by atoms with E-state index in [0.29, 0.717) is 12.2 Å². The van der Waals surface area contributed by atoms with E-state index >= 15 is 0 Å². The Hall–Kier alpha value is -4.06. The van der Waals surface area contributed by atoms with Gasteiger partial charge in [-0.15, -0.1) is 5.10 Å². The van der Waals surface area contributed by atoms with Crippen molar-refractivity contribution in [2.75, 3.05) is 17.2 Å². The number of hydrogen-bond acceptors (Lipinski definition) is 9. The first-order valence-electron chi connectivity index (χ1n) is 10.5. The van der Waals surface area contributed by atoms with Gasteiger partial charge in [0.15, 0.2) is 5.69 Å². The number of aryl methyl sites for hydroxylation is 1. The van der Waals surface area contributed by atoms with Crippen LogP contribution in [-0.4, -0.2) is 44.0 Å². The first-order valence-corrected chi connectivity index (χ1v) is 11.3. The van der Waals surface area contributed by atoms with Gasteiger partial charge in [-0.3, -0.25) is 4.79 Å². The monoisotopic (exact) mass is 521 g/mol. The van der Waals surface area contributed by atoms with Gasteiger partial charge >= 0.3 is 0 Å². The van der Waals surface area contributed by atoms with E-state index in [2.05, 4.69) is 64.1 Å². The smallest absolute Gasteiger partial charge is 0.293 e. The van der Waals surface area contributed by atoms with E-state index < -0.39 is 5.91 Å². The second kappa shape index (κ2) is 9.43. The Morgan fingerprint density at radius 1 is 1.24 bits per heavy atom. The van der Waals surface area contributed by atoms with Gasteiger partial charge < -0.3 is 10.6 Å².